The molecule has 0 radical (unpaired) electrons. The first-order valence-corrected chi connectivity index (χ1v) is 10.00. The van der Waals surface area contributed by atoms with Crippen molar-refractivity contribution < 1.29 is 4.74 Å². The van der Waals surface area contributed by atoms with Gasteiger partial charge in [-0.05, 0) is 29.5 Å². The van der Waals surface area contributed by atoms with E-state index in [-0.39, 0.29) is 4.75 Å². The highest BCUT2D eigenvalue weighted by molar-refractivity contribution is 7.81. The molecule has 2 heteroatoms. The summed E-state index contributed by atoms with van der Waals surface area (Å²) in [5.41, 5.74) is 2.82. The van der Waals surface area contributed by atoms with Gasteiger partial charge in [-0.3, -0.25) is 0 Å². The Labute approximate surface area is 168 Å². The molecule has 0 aliphatic carbocycles. The lowest BCUT2D eigenvalue weighted by Crippen LogP contribution is -2.33. The average Bonchev–Trinajstić information content (AvgIpc) is 2.70. The van der Waals surface area contributed by atoms with Crippen LogP contribution < -0.4 is 0 Å². The number of benzene rings is 3. The van der Waals surface area contributed by atoms with Crippen LogP contribution in [0.4, 0.5) is 0 Å². The molecule has 3 aromatic carbocycles. The quantitative estimate of drug-likeness (QED) is 0.269. The maximum absolute atomic E-state index is 6.75. The second kappa shape index (κ2) is 8.77. The summed E-state index contributed by atoms with van der Waals surface area (Å²) in [5, 5.41) is 0. The van der Waals surface area contributed by atoms with Gasteiger partial charge in [0, 0.05) is 11.4 Å². The number of ether oxygens (including phenoxy) is 1. The number of hydrogen-bond acceptors (Lipinski definition) is 2. The van der Waals surface area contributed by atoms with Crippen molar-refractivity contribution >= 4 is 12.6 Å². The summed E-state index contributed by atoms with van der Waals surface area (Å²) in [7, 11) is 0. The largest absolute Gasteiger partial charge is 0.361 e. The van der Waals surface area contributed by atoms with Crippen molar-refractivity contribution in [1.29, 1.82) is 0 Å². The third-order valence-corrected chi connectivity index (χ3v) is 5.02. The summed E-state index contributed by atoms with van der Waals surface area (Å²) >= 11 is 4.65. The van der Waals surface area contributed by atoms with E-state index in [1.54, 1.807) is 0 Å². The monoisotopic (exact) mass is 376 g/mol. The maximum atomic E-state index is 6.75. The Hall–Kier alpha value is -2.03. The Morgan fingerprint density at radius 1 is 0.667 bits per heavy atom. The summed E-state index contributed by atoms with van der Waals surface area (Å²) in [6.45, 7) is 4.96. The van der Waals surface area contributed by atoms with Gasteiger partial charge in [-0.25, -0.2) is 0 Å². The van der Waals surface area contributed by atoms with Crippen molar-refractivity contribution in [3.05, 3.63) is 108 Å². The first-order chi connectivity index (χ1) is 13.0. The molecule has 0 heterocycles. The van der Waals surface area contributed by atoms with E-state index < -0.39 is 5.60 Å². The van der Waals surface area contributed by atoms with E-state index in [0.29, 0.717) is 6.61 Å². The minimum atomic E-state index is -0.621. The van der Waals surface area contributed by atoms with Gasteiger partial charge in [-0.2, -0.15) is 12.6 Å². The highest BCUT2D eigenvalue weighted by Gasteiger charge is 2.37. The molecular formula is C25H28OS. The Kier molecular flexibility index (Phi) is 6.41. The second-order valence-corrected chi connectivity index (χ2v) is 8.75. The van der Waals surface area contributed by atoms with Gasteiger partial charge < -0.3 is 4.74 Å². The van der Waals surface area contributed by atoms with E-state index in [0.717, 1.165) is 29.5 Å². The fourth-order valence-electron chi connectivity index (χ4n) is 3.50. The van der Waals surface area contributed by atoms with Gasteiger partial charge in [-0.1, -0.05) is 105 Å². The Bertz CT molecular complexity index is 711. The van der Waals surface area contributed by atoms with Crippen LogP contribution in [0.15, 0.2) is 91.0 Å². The summed E-state index contributed by atoms with van der Waals surface area (Å²) in [6.07, 6.45) is 1.97. The number of thiol groups is 1. The Morgan fingerprint density at radius 3 is 1.37 bits per heavy atom. The minimum Gasteiger partial charge on any atom is -0.361 e. The van der Waals surface area contributed by atoms with Crippen LogP contribution in [0, 0.1) is 0 Å². The molecule has 0 aliphatic rings. The van der Waals surface area contributed by atoms with Gasteiger partial charge in [0.25, 0.3) is 0 Å². The lowest BCUT2D eigenvalue weighted by molar-refractivity contribution is 0.0102. The molecule has 0 aromatic heterocycles. The van der Waals surface area contributed by atoms with Crippen LogP contribution in [0.2, 0.25) is 0 Å². The first-order valence-electron chi connectivity index (χ1n) is 9.55. The van der Waals surface area contributed by atoms with Gasteiger partial charge in [0.15, 0.2) is 0 Å². The van der Waals surface area contributed by atoms with Gasteiger partial charge in [-0.15, -0.1) is 0 Å². The van der Waals surface area contributed by atoms with Crippen molar-refractivity contribution in [3.8, 4) is 0 Å². The van der Waals surface area contributed by atoms with Gasteiger partial charge in [0.1, 0.15) is 5.60 Å². The lowest BCUT2D eigenvalue weighted by Gasteiger charge is -2.36. The fraction of sp³-hybridized carbons (Fsp3) is 0.280. The van der Waals surface area contributed by atoms with E-state index >= 15 is 0 Å². The highest BCUT2D eigenvalue weighted by atomic mass is 32.1. The zero-order valence-corrected chi connectivity index (χ0v) is 17.0. The molecule has 0 aliphatic heterocycles. The summed E-state index contributed by atoms with van der Waals surface area (Å²) < 4.78 is 6.76. The summed E-state index contributed by atoms with van der Waals surface area (Å²) in [5.74, 6) is 0. The molecule has 1 nitrogen and oxygen atoms in total. The van der Waals surface area contributed by atoms with Crippen molar-refractivity contribution in [2.75, 3.05) is 6.61 Å². The molecular weight excluding hydrogens is 348 g/mol. The summed E-state index contributed by atoms with van der Waals surface area (Å²) in [6, 6.07) is 31.6. The van der Waals surface area contributed by atoms with Gasteiger partial charge in [0.2, 0.25) is 0 Å². The second-order valence-electron chi connectivity index (χ2n) is 7.54. The van der Waals surface area contributed by atoms with Gasteiger partial charge in [0.05, 0.1) is 0 Å². The molecule has 0 N–H and O–H groups in total. The fourth-order valence-corrected chi connectivity index (χ4v) is 3.66. The summed E-state index contributed by atoms with van der Waals surface area (Å²) in [4.78, 5) is 0. The zero-order chi connectivity index (χ0) is 19.2. The molecule has 0 atom stereocenters. The van der Waals surface area contributed by atoms with Crippen molar-refractivity contribution in [2.45, 2.75) is 37.0 Å². The molecule has 0 saturated heterocycles. The SMILES string of the molecule is CC(C)(S)CCCOC(c1ccccc1)(c1ccccc1)c1ccccc1. The average molecular weight is 377 g/mol. The number of hydrogen-bond donors (Lipinski definition) is 1. The van der Waals surface area contributed by atoms with Crippen LogP contribution in [0.25, 0.3) is 0 Å². The highest BCUT2D eigenvalue weighted by Crippen LogP contribution is 2.40. The van der Waals surface area contributed by atoms with Crippen molar-refractivity contribution in [2.24, 2.45) is 0 Å². The van der Waals surface area contributed by atoms with E-state index in [1.807, 2.05) is 18.2 Å². The molecule has 3 aromatic rings. The predicted octanol–water partition coefficient (Wildman–Crippen LogP) is 6.48. The third-order valence-electron chi connectivity index (χ3n) is 4.79. The van der Waals surface area contributed by atoms with Crippen LogP contribution in [0.1, 0.15) is 43.4 Å². The standard InChI is InChI=1S/C25H28OS/c1-24(2,27)19-12-20-26-25(21-13-6-3-7-14-21,22-15-8-4-9-16-22)23-17-10-5-11-18-23/h3-11,13-18,27H,12,19-20H2,1-2H3. The van der Waals surface area contributed by atoms with Crippen LogP contribution in [0.3, 0.4) is 0 Å². The Balaban J connectivity index is 2.06. The van der Waals surface area contributed by atoms with Crippen LogP contribution in [-0.4, -0.2) is 11.4 Å². The molecule has 0 spiro atoms. The molecule has 3 rings (SSSR count). The molecule has 0 bridgehead atoms. The third kappa shape index (κ3) is 4.82. The molecule has 0 amide bonds. The predicted molar refractivity (Wildman–Crippen MR) is 117 cm³/mol. The van der Waals surface area contributed by atoms with Crippen molar-refractivity contribution in [3.63, 3.8) is 0 Å². The molecule has 0 saturated carbocycles. The minimum absolute atomic E-state index is 0.0122. The van der Waals surface area contributed by atoms with Crippen molar-refractivity contribution in [1.82, 2.24) is 0 Å². The van der Waals surface area contributed by atoms with E-state index in [1.165, 1.54) is 0 Å². The number of rotatable bonds is 8. The topological polar surface area (TPSA) is 9.23 Å². The first kappa shape index (κ1) is 19.7. The smallest absolute Gasteiger partial charge is 0.143 e. The van der Waals surface area contributed by atoms with Crippen LogP contribution in [0.5, 0.6) is 0 Å². The normalized spacial score (nSPS) is 12.1. The lowest BCUT2D eigenvalue weighted by atomic mass is 9.80. The molecule has 0 unspecified atom stereocenters. The van der Waals surface area contributed by atoms with E-state index in [9.17, 15) is 0 Å². The van der Waals surface area contributed by atoms with Crippen LogP contribution in [-0.2, 0) is 10.3 Å². The van der Waals surface area contributed by atoms with Gasteiger partial charge >= 0.3 is 0 Å². The van der Waals surface area contributed by atoms with E-state index in [2.05, 4.69) is 99.3 Å². The molecule has 27 heavy (non-hydrogen) atoms. The molecule has 140 valence electrons. The zero-order valence-electron chi connectivity index (χ0n) is 16.1. The van der Waals surface area contributed by atoms with E-state index in [4.69, 9.17) is 4.74 Å². The van der Waals surface area contributed by atoms with Crippen LogP contribution >= 0.6 is 12.6 Å². The maximum Gasteiger partial charge on any atom is 0.143 e. The molecule has 0 fully saturated rings. The Morgan fingerprint density at radius 2 is 1.04 bits per heavy atom.